The van der Waals surface area contributed by atoms with Gasteiger partial charge in [-0.1, -0.05) is 18.2 Å². The van der Waals surface area contributed by atoms with E-state index in [1.54, 1.807) is 54.7 Å². The molecular formula is C23H23FN4O3. The molecule has 1 aliphatic heterocycles. The van der Waals surface area contributed by atoms with Crippen LogP contribution in [-0.4, -0.2) is 44.5 Å². The van der Waals surface area contributed by atoms with Crippen LogP contribution in [0.25, 0.3) is 0 Å². The Morgan fingerprint density at radius 3 is 2.65 bits per heavy atom. The molecule has 8 heteroatoms. The fourth-order valence-electron chi connectivity index (χ4n) is 3.42. The highest BCUT2D eigenvalue weighted by atomic mass is 19.1. The molecule has 31 heavy (non-hydrogen) atoms. The highest BCUT2D eigenvalue weighted by molar-refractivity contribution is 5.95. The van der Waals surface area contributed by atoms with E-state index in [0.29, 0.717) is 29.9 Å². The normalized spacial score (nSPS) is 13.8. The maximum Gasteiger partial charge on any atom is 0.264 e. The first-order chi connectivity index (χ1) is 14.9. The number of ether oxygens (including phenoxy) is 1. The summed E-state index contributed by atoms with van der Waals surface area (Å²) in [4.78, 5) is 36.0. The lowest BCUT2D eigenvalue weighted by Gasteiger charge is -2.39. The number of carbonyl (C=O) groups excluding carboxylic acids is 1. The predicted molar refractivity (Wildman–Crippen MR) is 112 cm³/mol. The number of benzene rings is 1. The molecule has 1 aromatic carbocycles. The summed E-state index contributed by atoms with van der Waals surface area (Å²) >= 11 is 0. The number of amides is 1. The smallest absolute Gasteiger partial charge is 0.264 e. The molecule has 0 spiro atoms. The number of nitrogens with zero attached hydrogens (tertiary/aromatic N) is 4. The van der Waals surface area contributed by atoms with Gasteiger partial charge in [-0.3, -0.25) is 19.6 Å². The number of halogens is 1. The van der Waals surface area contributed by atoms with Gasteiger partial charge >= 0.3 is 0 Å². The molecule has 1 amide bonds. The van der Waals surface area contributed by atoms with Crippen molar-refractivity contribution in [1.82, 2.24) is 19.4 Å². The van der Waals surface area contributed by atoms with Gasteiger partial charge in [-0.25, -0.2) is 4.39 Å². The maximum atomic E-state index is 13.7. The monoisotopic (exact) mass is 422 g/mol. The van der Waals surface area contributed by atoms with Gasteiger partial charge in [0.15, 0.2) is 0 Å². The van der Waals surface area contributed by atoms with Gasteiger partial charge in [0.25, 0.3) is 11.5 Å². The quantitative estimate of drug-likeness (QED) is 0.610. The third kappa shape index (κ3) is 4.54. The number of aromatic nitrogens is 3. The standard InChI is InChI=1S/C23H23FN4O3/c1-15-7-8-27(11-18-10-25-16(2)9-26-18)22(29)21(15)23(30)28-12-19(13-28)31-14-17-5-3-4-6-20(17)24/h3-10,19H,11-14H2,1-2H3. The zero-order valence-corrected chi connectivity index (χ0v) is 17.4. The molecule has 0 unspecified atom stereocenters. The molecule has 0 saturated carbocycles. The summed E-state index contributed by atoms with van der Waals surface area (Å²) in [5.41, 5.74) is 2.32. The Morgan fingerprint density at radius 1 is 1.16 bits per heavy atom. The van der Waals surface area contributed by atoms with E-state index >= 15 is 0 Å². The molecule has 3 heterocycles. The Balaban J connectivity index is 1.41. The number of pyridine rings is 1. The molecule has 0 radical (unpaired) electrons. The minimum absolute atomic E-state index is 0.147. The number of hydrogen-bond acceptors (Lipinski definition) is 5. The average Bonchev–Trinajstić information content (AvgIpc) is 2.72. The van der Waals surface area contributed by atoms with E-state index in [2.05, 4.69) is 9.97 Å². The van der Waals surface area contributed by atoms with E-state index in [9.17, 15) is 14.0 Å². The zero-order chi connectivity index (χ0) is 22.0. The minimum Gasteiger partial charge on any atom is -0.370 e. The van der Waals surface area contributed by atoms with Crippen LogP contribution in [0.2, 0.25) is 0 Å². The summed E-state index contributed by atoms with van der Waals surface area (Å²) in [5.74, 6) is -0.633. The van der Waals surface area contributed by atoms with Crippen molar-refractivity contribution in [3.8, 4) is 0 Å². The Bertz CT molecular complexity index is 1150. The van der Waals surface area contributed by atoms with Crippen LogP contribution in [0.4, 0.5) is 4.39 Å². The molecule has 3 aromatic rings. The van der Waals surface area contributed by atoms with Crippen molar-refractivity contribution < 1.29 is 13.9 Å². The molecular weight excluding hydrogens is 399 g/mol. The predicted octanol–water partition coefficient (Wildman–Crippen LogP) is 2.48. The van der Waals surface area contributed by atoms with Gasteiger partial charge in [0.2, 0.25) is 0 Å². The van der Waals surface area contributed by atoms with E-state index < -0.39 is 0 Å². The van der Waals surface area contributed by atoms with Crippen LogP contribution in [-0.2, 0) is 17.9 Å². The molecule has 0 bridgehead atoms. The van der Waals surface area contributed by atoms with Crippen LogP contribution in [0.3, 0.4) is 0 Å². The van der Waals surface area contributed by atoms with E-state index in [0.717, 1.165) is 5.69 Å². The third-order valence-electron chi connectivity index (χ3n) is 5.32. The van der Waals surface area contributed by atoms with Crippen molar-refractivity contribution >= 4 is 5.91 Å². The first-order valence-electron chi connectivity index (χ1n) is 10.0. The molecule has 1 fully saturated rings. The summed E-state index contributed by atoms with van der Waals surface area (Å²) in [6.07, 6.45) is 4.74. The van der Waals surface area contributed by atoms with Crippen molar-refractivity contribution in [3.63, 3.8) is 0 Å². The molecule has 2 aromatic heterocycles. The van der Waals surface area contributed by atoms with Crippen molar-refractivity contribution in [3.05, 3.63) is 93.2 Å². The number of likely N-dealkylation sites (tertiary alicyclic amines) is 1. The first-order valence-corrected chi connectivity index (χ1v) is 10.0. The second-order valence-electron chi connectivity index (χ2n) is 7.69. The largest absolute Gasteiger partial charge is 0.370 e. The Kier molecular flexibility index (Phi) is 5.90. The van der Waals surface area contributed by atoms with Crippen molar-refractivity contribution in [2.45, 2.75) is 33.1 Å². The molecule has 160 valence electrons. The Hall–Kier alpha value is -3.39. The van der Waals surface area contributed by atoms with Gasteiger partial charge in [-0.2, -0.15) is 0 Å². The van der Waals surface area contributed by atoms with Crippen molar-refractivity contribution in [2.75, 3.05) is 13.1 Å². The highest BCUT2D eigenvalue weighted by Crippen LogP contribution is 2.18. The summed E-state index contributed by atoms with van der Waals surface area (Å²) in [5, 5.41) is 0. The van der Waals surface area contributed by atoms with Gasteiger partial charge < -0.3 is 14.2 Å². The molecule has 0 atom stereocenters. The summed E-state index contributed by atoms with van der Waals surface area (Å²) in [6, 6.07) is 8.20. The van der Waals surface area contributed by atoms with Crippen LogP contribution >= 0.6 is 0 Å². The molecule has 0 N–H and O–H groups in total. The third-order valence-corrected chi connectivity index (χ3v) is 5.32. The lowest BCUT2D eigenvalue weighted by atomic mass is 10.1. The lowest BCUT2D eigenvalue weighted by Crippen LogP contribution is -2.55. The van der Waals surface area contributed by atoms with E-state index in [-0.39, 0.29) is 42.1 Å². The number of carbonyl (C=O) groups is 1. The fraction of sp³-hybridized carbons (Fsp3) is 0.304. The van der Waals surface area contributed by atoms with Gasteiger partial charge in [0.05, 0.1) is 36.8 Å². The zero-order valence-electron chi connectivity index (χ0n) is 17.4. The maximum absolute atomic E-state index is 13.7. The Labute approximate surface area is 179 Å². The van der Waals surface area contributed by atoms with Crippen molar-refractivity contribution in [2.24, 2.45) is 0 Å². The molecule has 0 aliphatic carbocycles. The second-order valence-corrected chi connectivity index (χ2v) is 7.69. The fourth-order valence-corrected chi connectivity index (χ4v) is 3.42. The summed E-state index contributed by atoms with van der Waals surface area (Å²) in [6.45, 7) is 4.70. The number of hydrogen-bond donors (Lipinski definition) is 0. The highest BCUT2D eigenvalue weighted by Gasteiger charge is 2.34. The van der Waals surface area contributed by atoms with Crippen LogP contribution < -0.4 is 5.56 Å². The van der Waals surface area contributed by atoms with Gasteiger partial charge in [-0.15, -0.1) is 0 Å². The SMILES string of the molecule is Cc1cnc(Cn2ccc(C)c(C(=O)N3CC(OCc4ccccc4F)C3)c2=O)cn1. The molecule has 1 saturated heterocycles. The first kappa shape index (κ1) is 20.9. The number of rotatable bonds is 6. The summed E-state index contributed by atoms with van der Waals surface area (Å²) < 4.78 is 20.9. The molecule has 7 nitrogen and oxygen atoms in total. The van der Waals surface area contributed by atoms with Gasteiger partial charge in [0.1, 0.15) is 11.4 Å². The van der Waals surface area contributed by atoms with Crippen LogP contribution in [0.5, 0.6) is 0 Å². The van der Waals surface area contributed by atoms with Crippen LogP contribution in [0.15, 0.2) is 53.7 Å². The van der Waals surface area contributed by atoms with Crippen LogP contribution in [0.1, 0.15) is 32.9 Å². The van der Waals surface area contributed by atoms with E-state index in [4.69, 9.17) is 4.74 Å². The van der Waals surface area contributed by atoms with E-state index in [1.165, 1.54) is 10.6 Å². The Morgan fingerprint density at radius 2 is 1.94 bits per heavy atom. The molecule has 1 aliphatic rings. The minimum atomic E-state index is -0.358. The van der Waals surface area contributed by atoms with E-state index in [1.807, 2.05) is 6.92 Å². The van der Waals surface area contributed by atoms with Gasteiger partial charge in [-0.05, 0) is 31.5 Å². The summed E-state index contributed by atoms with van der Waals surface area (Å²) in [7, 11) is 0. The lowest BCUT2D eigenvalue weighted by molar-refractivity contribution is -0.0510. The number of aryl methyl sites for hydroxylation is 2. The second kappa shape index (κ2) is 8.77. The molecule has 4 rings (SSSR count). The average molecular weight is 422 g/mol. The van der Waals surface area contributed by atoms with Crippen LogP contribution in [0, 0.1) is 19.7 Å². The van der Waals surface area contributed by atoms with Gasteiger partial charge in [0, 0.05) is 31.0 Å². The topological polar surface area (TPSA) is 77.3 Å². The van der Waals surface area contributed by atoms with Crippen molar-refractivity contribution in [1.29, 1.82) is 0 Å².